The number of hydrogen-bond donors (Lipinski definition) is 2. The van der Waals surface area contributed by atoms with Gasteiger partial charge in [0.15, 0.2) is 0 Å². The standard InChI is InChI=1S/C14H13ClFN3O3/c1-8(20)17-5-6-19-13(21)10(7-18-14(19)22)9-3-2-4-11(16)12(9)15/h2-4,7H,5-6H2,1H3,(H,17,20)(H,18,22). The molecule has 1 amide bonds. The Morgan fingerprint density at radius 1 is 1.36 bits per heavy atom. The van der Waals surface area contributed by atoms with Gasteiger partial charge in [-0.3, -0.25) is 14.2 Å². The summed E-state index contributed by atoms with van der Waals surface area (Å²) in [5.74, 6) is -0.927. The number of H-pyrrole nitrogens is 1. The lowest BCUT2D eigenvalue weighted by Gasteiger charge is -2.09. The van der Waals surface area contributed by atoms with Crippen LogP contribution in [0.25, 0.3) is 11.1 Å². The molecule has 6 nitrogen and oxygen atoms in total. The van der Waals surface area contributed by atoms with Gasteiger partial charge < -0.3 is 10.3 Å². The lowest BCUT2D eigenvalue weighted by molar-refractivity contribution is -0.118. The molecule has 2 N–H and O–H groups in total. The number of hydrogen-bond acceptors (Lipinski definition) is 3. The number of amides is 1. The van der Waals surface area contributed by atoms with Crippen LogP contribution in [0.1, 0.15) is 6.92 Å². The Hall–Kier alpha value is -2.41. The van der Waals surface area contributed by atoms with Gasteiger partial charge in [0.1, 0.15) is 5.82 Å². The summed E-state index contributed by atoms with van der Waals surface area (Å²) < 4.78 is 14.4. The van der Waals surface area contributed by atoms with E-state index in [1.165, 1.54) is 31.3 Å². The van der Waals surface area contributed by atoms with Crippen LogP contribution in [-0.2, 0) is 11.3 Å². The minimum absolute atomic E-state index is 0.00544. The maximum atomic E-state index is 13.5. The zero-order chi connectivity index (χ0) is 16.3. The Bertz CT molecular complexity index is 829. The zero-order valence-corrected chi connectivity index (χ0v) is 12.4. The second-order valence-corrected chi connectivity index (χ2v) is 4.93. The molecule has 0 spiro atoms. The van der Waals surface area contributed by atoms with Crippen molar-refractivity contribution in [2.75, 3.05) is 6.54 Å². The van der Waals surface area contributed by atoms with Crippen LogP contribution in [0, 0.1) is 5.82 Å². The molecule has 1 aromatic carbocycles. The van der Waals surface area contributed by atoms with Gasteiger partial charge in [-0.2, -0.15) is 0 Å². The predicted octanol–water partition coefficient (Wildman–Crippen LogP) is 1.13. The van der Waals surface area contributed by atoms with Crippen molar-refractivity contribution in [2.24, 2.45) is 0 Å². The third kappa shape index (κ3) is 3.25. The number of halogens is 2. The minimum atomic E-state index is -0.658. The molecule has 1 aromatic heterocycles. The van der Waals surface area contributed by atoms with E-state index in [-0.39, 0.29) is 35.1 Å². The topological polar surface area (TPSA) is 84.0 Å². The van der Waals surface area contributed by atoms with Crippen molar-refractivity contribution in [3.8, 4) is 11.1 Å². The van der Waals surface area contributed by atoms with Crippen LogP contribution >= 0.6 is 11.6 Å². The highest BCUT2D eigenvalue weighted by Crippen LogP contribution is 2.26. The summed E-state index contributed by atoms with van der Waals surface area (Å²) in [5, 5.41) is 2.30. The minimum Gasteiger partial charge on any atom is -0.355 e. The van der Waals surface area contributed by atoms with Crippen LogP contribution in [0.2, 0.25) is 5.02 Å². The maximum absolute atomic E-state index is 13.5. The van der Waals surface area contributed by atoms with Crippen LogP contribution < -0.4 is 16.6 Å². The summed E-state index contributed by atoms with van der Waals surface area (Å²) >= 11 is 5.87. The number of nitrogens with one attached hydrogen (secondary N) is 2. The molecule has 2 rings (SSSR count). The third-order valence-corrected chi connectivity index (χ3v) is 3.40. The first-order valence-electron chi connectivity index (χ1n) is 6.43. The van der Waals surface area contributed by atoms with Gasteiger partial charge in [-0.1, -0.05) is 23.7 Å². The fourth-order valence-corrected chi connectivity index (χ4v) is 2.19. The summed E-state index contributed by atoms with van der Waals surface area (Å²) in [7, 11) is 0. The molecule has 0 aliphatic rings. The summed E-state index contributed by atoms with van der Waals surface area (Å²) in [6.45, 7) is 1.45. The van der Waals surface area contributed by atoms with Crippen molar-refractivity contribution in [1.82, 2.24) is 14.9 Å². The maximum Gasteiger partial charge on any atom is 0.328 e. The van der Waals surface area contributed by atoms with Crippen molar-refractivity contribution in [1.29, 1.82) is 0 Å². The van der Waals surface area contributed by atoms with E-state index >= 15 is 0 Å². The molecule has 8 heteroatoms. The number of rotatable bonds is 4. The van der Waals surface area contributed by atoms with Gasteiger partial charge in [0.05, 0.1) is 10.6 Å². The Labute approximate surface area is 129 Å². The molecule has 0 atom stereocenters. The van der Waals surface area contributed by atoms with Crippen LogP contribution in [0.4, 0.5) is 4.39 Å². The molecule has 0 unspecified atom stereocenters. The zero-order valence-electron chi connectivity index (χ0n) is 11.7. The summed E-state index contributed by atoms with van der Waals surface area (Å²) in [6, 6.07) is 4.08. The summed E-state index contributed by atoms with van der Waals surface area (Å²) in [4.78, 5) is 37.4. The van der Waals surface area contributed by atoms with E-state index in [1.54, 1.807) is 0 Å². The van der Waals surface area contributed by atoms with E-state index in [9.17, 15) is 18.8 Å². The van der Waals surface area contributed by atoms with E-state index in [2.05, 4.69) is 10.3 Å². The normalized spacial score (nSPS) is 10.5. The number of carbonyl (C=O) groups is 1. The number of carbonyl (C=O) groups excluding carboxylic acids is 1. The molecule has 0 aliphatic carbocycles. The molecule has 2 aromatic rings. The van der Waals surface area contributed by atoms with E-state index < -0.39 is 17.1 Å². The van der Waals surface area contributed by atoms with Crippen LogP contribution in [0.5, 0.6) is 0 Å². The van der Waals surface area contributed by atoms with Crippen molar-refractivity contribution in [3.63, 3.8) is 0 Å². The van der Waals surface area contributed by atoms with Gasteiger partial charge in [-0.15, -0.1) is 0 Å². The Balaban J connectivity index is 2.47. The number of aromatic amines is 1. The van der Waals surface area contributed by atoms with E-state index in [0.717, 1.165) is 4.57 Å². The van der Waals surface area contributed by atoms with E-state index in [0.29, 0.717) is 0 Å². The van der Waals surface area contributed by atoms with Crippen LogP contribution in [0.3, 0.4) is 0 Å². The fourth-order valence-electron chi connectivity index (χ4n) is 1.96. The van der Waals surface area contributed by atoms with Gasteiger partial charge in [-0.25, -0.2) is 9.18 Å². The monoisotopic (exact) mass is 325 g/mol. The molecule has 0 aliphatic heterocycles. The first-order chi connectivity index (χ1) is 10.4. The van der Waals surface area contributed by atoms with E-state index in [4.69, 9.17) is 11.6 Å². The van der Waals surface area contributed by atoms with Gasteiger partial charge in [0, 0.05) is 31.8 Å². The Kier molecular flexibility index (Phi) is 4.77. The first kappa shape index (κ1) is 16.0. The molecule has 0 bridgehead atoms. The summed E-state index contributed by atoms with van der Waals surface area (Å²) in [5.41, 5.74) is -0.962. The molecule has 0 saturated carbocycles. The molecule has 0 radical (unpaired) electrons. The average Bonchev–Trinajstić information content (AvgIpc) is 2.46. The number of aromatic nitrogens is 2. The average molecular weight is 326 g/mol. The third-order valence-electron chi connectivity index (χ3n) is 3.01. The highest BCUT2D eigenvalue weighted by molar-refractivity contribution is 6.33. The van der Waals surface area contributed by atoms with E-state index in [1.807, 2.05) is 0 Å². The molecular formula is C14H13ClFN3O3. The molecule has 0 saturated heterocycles. The molecule has 22 heavy (non-hydrogen) atoms. The van der Waals surface area contributed by atoms with Crippen molar-refractivity contribution in [2.45, 2.75) is 13.5 Å². The Morgan fingerprint density at radius 2 is 2.09 bits per heavy atom. The fraction of sp³-hybridized carbons (Fsp3) is 0.214. The molecule has 0 fully saturated rings. The summed E-state index contributed by atoms with van der Waals surface area (Å²) in [6.07, 6.45) is 1.19. The second-order valence-electron chi connectivity index (χ2n) is 4.55. The number of nitrogens with zero attached hydrogens (tertiary/aromatic N) is 1. The van der Waals surface area contributed by atoms with Crippen LogP contribution in [0.15, 0.2) is 34.0 Å². The van der Waals surface area contributed by atoms with Crippen molar-refractivity contribution in [3.05, 3.63) is 56.1 Å². The molecule has 1 heterocycles. The molecule has 116 valence electrons. The van der Waals surface area contributed by atoms with Gasteiger partial charge in [0.25, 0.3) is 5.56 Å². The lowest BCUT2D eigenvalue weighted by Crippen LogP contribution is -2.39. The smallest absolute Gasteiger partial charge is 0.328 e. The second kappa shape index (κ2) is 6.57. The predicted molar refractivity (Wildman–Crippen MR) is 80.4 cm³/mol. The highest BCUT2D eigenvalue weighted by atomic mass is 35.5. The quantitative estimate of drug-likeness (QED) is 0.884. The van der Waals surface area contributed by atoms with Gasteiger partial charge in [-0.05, 0) is 6.07 Å². The van der Waals surface area contributed by atoms with Crippen molar-refractivity contribution < 1.29 is 9.18 Å². The van der Waals surface area contributed by atoms with Gasteiger partial charge in [0.2, 0.25) is 5.91 Å². The highest BCUT2D eigenvalue weighted by Gasteiger charge is 2.14. The molecular weight excluding hydrogens is 313 g/mol. The first-order valence-corrected chi connectivity index (χ1v) is 6.81. The lowest BCUT2D eigenvalue weighted by atomic mass is 10.1. The van der Waals surface area contributed by atoms with Crippen LogP contribution in [-0.4, -0.2) is 22.0 Å². The SMILES string of the molecule is CC(=O)NCCn1c(=O)[nH]cc(-c2cccc(F)c2Cl)c1=O. The van der Waals surface area contributed by atoms with Crippen molar-refractivity contribution >= 4 is 17.5 Å². The number of benzene rings is 1. The van der Waals surface area contributed by atoms with Gasteiger partial charge >= 0.3 is 5.69 Å². The Morgan fingerprint density at radius 3 is 2.77 bits per heavy atom. The largest absolute Gasteiger partial charge is 0.355 e.